The zero-order chi connectivity index (χ0) is 23.8. The van der Waals surface area contributed by atoms with E-state index in [9.17, 15) is 13.2 Å². The van der Waals surface area contributed by atoms with Crippen molar-refractivity contribution in [2.75, 3.05) is 13.1 Å². The van der Waals surface area contributed by atoms with Crippen LogP contribution in [0.1, 0.15) is 36.2 Å². The molecule has 174 valence electrons. The second-order valence-electron chi connectivity index (χ2n) is 8.18. The molecule has 1 N–H and O–H groups in total. The van der Waals surface area contributed by atoms with Gasteiger partial charge in [-0.05, 0) is 53.5 Å². The van der Waals surface area contributed by atoms with Crippen molar-refractivity contribution in [3.05, 3.63) is 79.8 Å². The summed E-state index contributed by atoms with van der Waals surface area (Å²) >= 11 is 9.48. The van der Waals surface area contributed by atoms with Gasteiger partial charge in [-0.3, -0.25) is 4.79 Å². The van der Waals surface area contributed by atoms with Crippen molar-refractivity contribution in [1.29, 1.82) is 0 Å². The lowest BCUT2D eigenvalue weighted by molar-refractivity contribution is 0.0762. The van der Waals surface area contributed by atoms with Crippen LogP contribution in [0.5, 0.6) is 0 Å². The number of halogens is 2. The molecule has 0 atom stereocenters. The molecule has 7 nitrogen and oxygen atoms in total. The zero-order valence-electron chi connectivity index (χ0n) is 18.3. The Morgan fingerprint density at radius 3 is 2.61 bits per heavy atom. The van der Waals surface area contributed by atoms with E-state index in [1.165, 1.54) is 4.31 Å². The number of nitrogens with one attached hydrogen (secondary N) is 1. The second kappa shape index (κ2) is 9.48. The van der Waals surface area contributed by atoms with Crippen LogP contribution in [0.15, 0.2) is 68.6 Å². The van der Waals surface area contributed by atoms with Gasteiger partial charge in [-0.15, -0.1) is 0 Å². The standard InChI is InChI=1S/C23H24BrClN4O3S/c1-15(2)26-23-27-20-14-28(22(30)17-8-9-18(24)19(25)12-17)11-10-21(20)33(31,32)29(23)13-16-6-4-3-5-7-16/h3-9,12,15H,10-11,13-14H2,1-2H3,(H,26,27). The highest BCUT2D eigenvalue weighted by atomic mass is 79.9. The molecule has 0 spiro atoms. The van der Waals surface area contributed by atoms with E-state index in [0.717, 1.165) is 5.56 Å². The predicted molar refractivity (Wildman–Crippen MR) is 133 cm³/mol. The third-order valence-electron chi connectivity index (χ3n) is 5.40. The van der Waals surface area contributed by atoms with Crippen molar-refractivity contribution in [3.8, 4) is 0 Å². The van der Waals surface area contributed by atoms with Crippen LogP contribution < -0.4 is 5.32 Å². The van der Waals surface area contributed by atoms with E-state index >= 15 is 0 Å². The average Bonchev–Trinajstić information content (AvgIpc) is 2.78. The summed E-state index contributed by atoms with van der Waals surface area (Å²) in [6.45, 7) is 4.40. The Hall–Kier alpha value is -2.36. The highest BCUT2D eigenvalue weighted by Crippen LogP contribution is 2.31. The molecule has 0 saturated carbocycles. The van der Waals surface area contributed by atoms with Crippen LogP contribution in [0.4, 0.5) is 0 Å². The van der Waals surface area contributed by atoms with E-state index in [-0.39, 0.29) is 37.4 Å². The minimum atomic E-state index is -3.79. The van der Waals surface area contributed by atoms with E-state index in [4.69, 9.17) is 11.6 Å². The van der Waals surface area contributed by atoms with Gasteiger partial charge >= 0.3 is 0 Å². The molecular weight excluding hydrogens is 528 g/mol. The molecule has 0 aromatic heterocycles. The van der Waals surface area contributed by atoms with Crippen LogP contribution in [0.25, 0.3) is 0 Å². The Kier molecular flexibility index (Phi) is 6.83. The lowest BCUT2D eigenvalue weighted by Gasteiger charge is -2.39. The van der Waals surface area contributed by atoms with Crippen molar-refractivity contribution >= 4 is 49.4 Å². The van der Waals surface area contributed by atoms with Crippen LogP contribution in [-0.2, 0) is 16.6 Å². The molecule has 2 aliphatic heterocycles. The fourth-order valence-corrected chi connectivity index (χ4v) is 5.93. The Morgan fingerprint density at radius 1 is 1.21 bits per heavy atom. The first-order chi connectivity index (χ1) is 15.7. The molecule has 1 amide bonds. The molecule has 33 heavy (non-hydrogen) atoms. The third-order valence-corrected chi connectivity index (χ3v) is 8.59. The topological polar surface area (TPSA) is 82.1 Å². The first kappa shape index (κ1) is 23.8. The van der Waals surface area contributed by atoms with Gasteiger partial charge < -0.3 is 10.2 Å². The van der Waals surface area contributed by atoms with Crippen molar-refractivity contribution in [3.63, 3.8) is 0 Å². The van der Waals surface area contributed by atoms with Gasteiger partial charge in [0.1, 0.15) is 0 Å². The summed E-state index contributed by atoms with van der Waals surface area (Å²) in [5.41, 5.74) is 1.80. The summed E-state index contributed by atoms with van der Waals surface area (Å²) in [5.74, 6) is 0.0674. The molecule has 2 aliphatic rings. The van der Waals surface area contributed by atoms with E-state index in [1.807, 2.05) is 44.2 Å². The Morgan fingerprint density at radius 2 is 1.94 bits per heavy atom. The average molecular weight is 552 g/mol. The summed E-state index contributed by atoms with van der Waals surface area (Å²) in [5, 5.41) is 3.66. The first-order valence-electron chi connectivity index (χ1n) is 10.5. The number of aliphatic imine (C=N–C) groups is 1. The van der Waals surface area contributed by atoms with Gasteiger partial charge in [0, 0.05) is 29.0 Å². The van der Waals surface area contributed by atoms with Crippen LogP contribution in [0, 0.1) is 0 Å². The lowest BCUT2D eigenvalue weighted by atomic mass is 10.1. The molecule has 0 aliphatic carbocycles. The molecular formula is C23H24BrClN4O3S. The van der Waals surface area contributed by atoms with Crippen molar-refractivity contribution in [1.82, 2.24) is 14.5 Å². The smallest absolute Gasteiger partial charge is 0.264 e. The number of rotatable bonds is 4. The van der Waals surface area contributed by atoms with E-state index in [1.54, 1.807) is 23.1 Å². The Balaban J connectivity index is 1.65. The molecule has 0 radical (unpaired) electrons. The number of hydrogen-bond acceptors (Lipinski definition) is 4. The minimum Gasteiger partial charge on any atom is -0.332 e. The third kappa shape index (κ3) is 4.95. The maximum Gasteiger partial charge on any atom is 0.264 e. The van der Waals surface area contributed by atoms with Gasteiger partial charge in [0.15, 0.2) is 0 Å². The molecule has 2 aromatic rings. The van der Waals surface area contributed by atoms with Gasteiger partial charge in [-0.25, -0.2) is 17.7 Å². The first-order valence-corrected chi connectivity index (χ1v) is 13.2. The van der Waals surface area contributed by atoms with Gasteiger partial charge in [0.25, 0.3) is 15.9 Å². The summed E-state index contributed by atoms with van der Waals surface area (Å²) in [6, 6.07) is 14.3. The van der Waals surface area contributed by atoms with Gasteiger partial charge in [-0.1, -0.05) is 41.9 Å². The van der Waals surface area contributed by atoms with Crippen molar-refractivity contribution < 1.29 is 13.2 Å². The number of carbonyl (C=O) groups is 1. The lowest BCUT2D eigenvalue weighted by Crippen LogP contribution is -2.54. The SMILES string of the molecule is CC(C)N=C1NC2=C(CCN(C(=O)c3ccc(Br)c(Cl)c3)C2)S(=O)(=O)N1Cc1ccccc1. The number of hydrogen-bond donors (Lipinski definition) is 1. The van der Waals surface area contributed by atoms with E-state index < -0.39 is 10.0 Å². The summed E-state index contributed by atoms with van der Waals surface area (Å²) in [7, 11) is -3.79. The quantitative estimate of drug-likeness (QED) is 0.612. The van der Waals surface area contributed by atoms with E-state index in [0.29, 0.717) is 32.2 Å². The molecule has 0 saturated heterocycles. The van der Waals surface area contributed by atoms with Gasteiger partial charge in [0.2, 0.25) is 5.96 Å². The predicted octanol–water partition coefficient (Wildman–Crippen LogP) is 4.36. The maximum absolute atomic E-state index is 13.6. The minimum absolute atomic E-state index is 0.116. The van der Waals surface area contributed by atoms with Gasteiger partial charge in [-0.2, -0.15) is 0 Å². The van der Waals surface area contributed by atoms with E-state index in [2.05, 4.69) is 26.2 Å². The monoisotopic (exact) mass is 550 g/mol. The fraction of sp³-hybridized carbons (Fsp3) is 0.304. The second-order valence-corrected chi connectivity index (χ2v) is 11.3. The molecule has 2 aromatic carbocycles. The van der Waals surface area contributed by atoms with Crippen LogP contribution in [0.2, 0.25) is 5.02 Å². The summed E-state index contributed by atoms with van der Waals surface area (Å²) < 4.78 is 29.2. The number of amides is 1. The van der Waals surface area contributed by atoms with Crippen molar-refractivity contribution in [2.45, 2.75) is 32.9 Å². The van der Waals surface area contributed by atoms with Crippen LogP contribution in [-0.4, -0.2) is 48.6 Å². The normalized spacial score (nSPS) is 19.0. The number of sulfonamides is 1. The van der Waals surface area contributed by atoms with Crippen LogP contribution in [0.3, 0.4) is 0 Å². The number of carbonyl (C=O) groups excluding carboxylic acids is 1. The Bertz CT molecular complexity index is 1250. The fourth-order valence-electron chi connectivity index (χ4n) is 3.82. The molecule has 2 heterocycles. The number of guanidine groups is 1. The van der Waals surface area contributed by atoms with Crippen molar-refractivity contribution in [2.24, 2.45) is 4.99 Å². The maximum atomic E-state index is 13.6. The summed E-state index contributed by atoms with van der Waals surface area (Å²) in [4.78, 5) is 19.5. The van der Waals surface area contributed by atoms with Crippen LogP contribution >= 0.6 is 27.5 Å². The van der Waals surface area contributed by atoms with Gasteiger partial charge in [0.05, 0.1) is 28.7 Å². The highest BCUT2D eigenvalue weighted by Gasteiger charge is 2.40. The highest BCUT2D eigenvalue weighted by molar-refractivity contribution is 9.10. The summed E-state index contributed by atoms with van der Waals surface area (Å²) in [6.07, 6.45) is 0.223. The molecule has 10 heteroatoms. The number of nitrogens with zero attached hydrogens (tertiary/aromatic N) is 3. The number of benzene rings is 2. The largest absolute Gasteiger partial charge is 0.332 e. The molecule has 4 rings (SSSR count). The molecule has 0 fully saturated rings. The Labute approximate surface area is 207 Å². The molecule has 0 unspecified atom stereocenters. The molecule has 0 bridgehead atoms. The zero-order valence-corrected chi connectivity index (χ0v) is 21.4.